The van der Waals surface area contributed by atoms with Crippen LogP contribution in [0.2, 0.25) is 0 Å². The second-order valence-electron chi connectivity index (χ2n) is 3.70. The first-order valence-corrected chi connectivity index (χ1v) is 5.42. The highest BCUT2D eigenvalue weighted by Crippen LogP contribution is 2.21. The van der Waals surface area contributed by atoms with Gasteiger partial charge >= 0.3 is 0 Å². The van der Waals surface area contributed by atoms with E-state index in [0.717, 1.165) is 22.4 Å². The minimum Gasteiger partial charge on any atom is -0.264 e. The smallest absolute Gasteiger partial charge is 0.115 e. The second kappa shape index (κ2) is 4.67. The van der Waals surface area contributed by atoms with Crippen molar-refractivity contribution in [2.24, 2.45) is 0 Å². The molecule has 0 amide bonds. The van der Waals surface area contributed by atoms with Crippen LogP contribution in [0.4, 0.5) is 0 Å². The van der Waals surface area contributed by atoms with Gasteiger partial charge < -0.3 is 0 Å². The molecule has 3 aromatic heterocycles. The Bertz CT molecular complexity index is 585. The van der Waals surface area contributed by atoms with E-state index in [1.54, 1.807) is 31.0 Å². The average Bonchev–Trinajstić information content (AvgIpc) is 2.49. The van der Waals surface area contributed by atoms with Gasteiger partial charge in [0.1, 0.15) is 6.33 Å². The Morgan fingerprint density at radius 1 is 0.778 bits per heavy atom. The van der Waals surface area contributed by atoms with Crippen LogP contribution in [-0.4, -0.2) is 25.1 Å². The molecular weight excluding hydrogens is 226 g/mol. The van der Waals surface area contributed by atoms with E-state index in [1.807, 2.05) is 18.2 Å². The van der Waals surface area contributed by atoms with E-state index in [9.17, 15) is 0 Å². The molecule has 0 fully saturated rings. The quantitative estimate of drug-likeness (QED) is 0.679. The van der Waals surface area contributed by atoms with Crippen molar-refractivity contribution >= 4 is 0 Å². The summed E-state index contributed by atoms with van der Waals surface area (Å²) in [5, 5.41) is 8.09. The highest BCUT2D eigenvalue weighted by atomic mass is 15.1. The molecule has 5 heteroatoms. The van der Waals surface area contributed by atoms with Crippen LogP contribution in [-0.2, 0) is 0 Å². The Morgan fingerprint density at radius 3 is 2.39 bits per heavy atom. The zero-order valence-electron chi connectivity index (χ0n) is 9.43. The molecule has 0 aliphatic carbocycles. The molecule has 86 valence electrons. The third-order valence-corrected chi connectivity index (χ3v) is 2.51. The van der Waals surface area contributed by atoms with Crippen molar-refractivity contribution < 1.29 is 0 Å². The monoisotopic (exact) mass is 235 g/mol. The minimum atomic E-state index is 0.747. The van der Waals surface area contributed by atoms with Gasteiger partial charge in [0.15, 0.2) is 0 Å². The van der Waals surface area contributed by atoms with Crippen LogP contribution in [0.1, 0.15) is 0 Å². The standard InChI is InChI=1S/C13H9N5/c1-2-10(5-14-3-1)11-4-13(18-17-8-11)12-6-15-9-16-7-12/h1-9H. The summed E-state index contributed by atoms with van der Waals surface area (Å²) < 4.78 is 0. The summed E-state index contributed by atoms with van der Waals surface area (Å²) in [5.41, 5.74) is 3.56. The van der Waals surface area contributed by atoms with Crippen molar-refractivity contribution in [2.75, 3.05) is 0 Å². The molecule has 18 heavy (non-hydrogen) atoms. The summed E-state index contributed by atoms with van der Waals surface area (Å²) in [6, 6.07) is 5.82. The Balaban J connectivity index is 2.05. The molecule has 0 aliphatic heterocycles. The first kappa shape index (κ1) is 10.5. The normalized spacial score (nSPS) is 10.2. The number of pyridine rings is 1. The Hall–Kier alpha value is -2.69. The van der Waals surface area contributed by atoms with Crippen molar-refractivity contribution in [3.63, 3.8) is 0 Å². The van der Waals surface area contributed by atoms with Gasteiger partial charge in [-0.15, -0.1) is 0 Å². The molecule has 0 aliphatic rings. The van der Waals surface area contributed by atoms with Crippen LogP contribution >= 0.6 is 0 Å². The van der Waals surface area contributed by atoms with Crippen molar-refractivity contribution in [1.29, 1.82) is 0 Å². The van der Waals surface area contributed by atoms with E-state index in [2.05, 4.69) is 25.1 Å². The fourth-order valence-corrected chi connectivity index (χ4v) is 1.63. The van der Waals surface area contributed by atoms with Gasteiger partial charge in [0, 0.05) is 41.5 Å². The predicted octanol–water partition coefficient (Wildman–Crippen LogP) is 2.00. The fraction of sp³-hybridized carbons (Fsp3) is 0. The number of hydrogen-bond acceptors (Lipinski definition) is 5. The van der Waals surface area contributed by atoms with E-state index < -0.39 is 0 Å². The van der Waals surface area contributed by atoms with Crippen LogP contribution in [0.15, 0.2) is 55.5 Å². The van der Waals surface area contributed by atoms with Crippen molar-refractivity contribution in [2.45, 2.75) is 0 Å². The molecule has 0 unspecified atom stereocenters. The van der Waals surface area contributed by atoms with Gasteiger partial charge in [-0.2, -0.15) is 10.2 Å². The number of aromatic nitrogens is 5. The maximum Gasteiger partial charge on any atom is 0.115 e. The molecule has 3 heterocycles. The molecule has 0 bridgehead atoms. The Kier molecular flexibility index (Phi) is 2.71. The lowest BCUT2D eigenvalue weighted by Gasteiger charge is -2.02. The molecule has 3 aromatic rings. The van der Waals surface area contributed by atoms with Gasteiger partial charge in [0.25, 0.3) is 0 Å². The summed E-state index contributed by atoms with van der Waals surface area (Å²) in [6.45, 7) is 0. The summed E-state index contributed by atoms with van der Waals surface area (Å²) in [4.78, 5) is 12.0. The molecule has 0 atom stereocenters. The van der Waals surface area contributed by atoms with Gasteiger partial charge in [-0.3, -0.25) is 4.98 Å². The van der Waals surface area contributed by atoms with Gasteiger partial charge in [0.2, 0.25) is 0 Å². The van der Waals surface area contributed by atoms with Crippen LogP contribution in [0.5, 0.6) is 0 Å². The summed E-state index contributed by atoms with van der Waals surface area (Å²) >= 11 is 0. The zero-order chi connectivity index (χ0) is 12.2. The molecular formula is C13H9N5. The largest absolute Gasteiger partial charge is 0.264 e. The Morgan fingerprint density at radius 2 is 1.61 bits per heavy atom. The van der Waals surface area contributed by atoms with Crippen molar-refractivity contribution in [1.82, 2.24) is 25.1 Å². The highest BCUT2D eigenvalue weighted by molar-refractivity contribution is 5.67. The van der Waals surface area contributed by atoms with Gasteiger partial charge in [-0.05, 0) is 12.1 Å². The highest BCUT2D eigenvalue weighted by Gasteiger charge is 2.04. The van der Waals surface area contributed by atoms with Crippen LogP contribution in [0.25, 0.3) is 22.4 Å². The fourth-order valence-electron chi connectivity index (χ4n) is 1.63. The molecule has 0 aromatic carbocycles. The maximum absolute atomic E-state index is 4.09. The Labute approximate surface area is 104 Å². The molecule has 0 saturated carbocycles. The predicted molar refractivity (Wildman–Crippen MR) is 66.3 cm³/mol. The molecule has 3 rings (SSSR count). The number of nitrogens with zero attached hydrogens (tertiary/aromatic N) is 5. The first-order chi connectivity index (χ1) is 8.93. The third-order valence-electron chi connectivity index (χ3n) is 2.51. The van der Waals surface area contributed by atoms with Crippen molar-refractivity contribution in [3.8, 4) is 22.4 Å². The molecule has 0 spiro atoms. The van der Waals surface area contributed by atoms with E-state index >= 15 is 0 Å². The molecule has 5 nitrogen and oxygen atoms in total. The maximum atomic E-state index is 4.09. The van der Waals surface area contributed by atoms with Gasteiger partial charge in [-0.1, -0.05) is 6.07 Å². The van der Waals surface area contributed by atoms with Gasteiger partial charge in [0.05, 0.1) is 11.9 Å². The minimum absolute atomic E-state index is 0.747. The lowest BCUT2D eigenvalue weighted by Crippen LogP contribution is -1.90. The SMILES string of the molecule is c1cncc(-c2cnnc(-c3cncnc3)c2)c1. The lowest BCUT2D eigenvalue weighted by atomic mass is 10.1. The van der Waals surface area contributed by atoms with E-state index in [-0.39, 0.29) is 0 Å². The zero-order valence-corrected chi connectivity index (χ0v) is 9.43. The third kappa shape index (κ3) is 2.06. The number of rotatable bonds is 2. The molecule has 0 N–H and O–H groups in total. The number of hydrogen-bond donors (Lipinski definition) is 0. The topological polar surface area (TPSA) is 64.5 Å². The van der Waals surface area contributed by atoms with Crippen LogP contribution < -0.4 is 0 Å². The van der Waals surface area contributed by atoms with Crippen molar-refractivity contribution in [3.05, 3.63) is 55.5 Å². The first-order valence-electron chi connectivity index (χ1n) is 5.42. The lowest BCUT2D eigenvalue weighted by molar-refractivity contribution is 1.03. The molecule has 0 saturated heterocycles. The van der Waals surface area contributed by atoms with Crippen LogP contribution in [0, 0.1) is 0 Å². The second-order valence-corrected chi connectivity index (χ2v) is 3.70. The average molecular weight is 235 g/mol. The summed E-state index contributed by atoms with van der Waals surface area (Å²) in [6.07, 6.45) is 10.2. The van der Waals surface area contributed by atoms with E-state index in [0.29, 0.717) is 0 Å². The van der Waals surface area contributed by atoms with E-state index in [1.165, 1.54) is 6.33 Å². The van der Waals surface area contributed by atoms with Crippen LogP contribution in [0.3, 0.4) is 0 Å². The van der Waals surface area contributed by atoms with Gasteiger partial charge in [-0.25, -0.2) is 9.97 Å². The summed E-state index contributed by atoms with van der Waals surface area (Å²) in [7, 11) is 0. The van der Waals surface area contributed by atoms with E-state index in [4.69, 9.17) is 0 Å². The molecule has 0 radical (unpaired) electrons. The summed E-state index contributed by atoms with van der Waals surface area (Å²) in [5.74, 6) is 0.